The third kappa shape index (κ3) is 12.7. The quantitative estimate of drug-likeness (QED) is 0.0487. The lowest BCUT2D eigenvalue weighted by atomic mass is 9.97. The molecule has 0 radical (unpaired) electrons. The summed E-state index contributed by atoms with van der Waals surface area (Å²) in [6.07, 6.45) is 0.551. The number of hydrogen-bond donors (Lipinski definition) is 10. The zero-order valence-corrected chi connectivity index (χ0v) is 25.5. The molecule has 6 atom stereocenters. The minimum absolute atomic E-state index is 0.151. The number of nitrogens with two attached hydrogens (primary N) is 1. The molecule has 11 N–H and O–H groups in total. The van der Waals surface area contributed by atoms with Crippen molar-refractivity contribution < 1.29 is 58.1 Å². The molecule has 0 saturated carbocycles. The summed E-state index contributed by atoms with van der Waals surface area (Å²) in [5.74, 6) is -6.60. The molecule has 45 heavy (non-hydrogen) atoms. The first kappa shape index (κ1) is 38.7. The van der Waals surface area contributed by atoms with Gasteiger partial charge in [-0.3, -0.25) is 33.3 Å². The van der Waals surface area contributed by atoms with Crippen molar-refractivity contribution in [2.45, 2.75) is 70.4 Å². The molecule has 0 aliphatic heterocycles. The number of carbonyl (C=O) groups is 7. The lowest BCUT2D eigenvalue weighted by Gasteiger charge is -2.27. The zero-order chi connectivity index (χ0) is 34.5. The Balaban J connectivity index is 3.13. The van der Waals surface area contributed by atoms with E-state index in [1.807, 2.05) is 5.32 Å². The molecule has 0 spiro atoms. The predicted molar refractivity (Wildman–Crippen MR) is 151 cm³/mol. The Morgan fingerprint density at radius 1 is 1.00 bits per heavy atom. The highest BCUT2D eigenvalue weighted by atomic mass is 31.2. The standard InChI is InChI=1S/C23H38N9O12P/c1-4-11(2)19(30-20(38)12(3)24)23(41)29-14(8-32-17(7-26-31-32)45(42,43)44)21(39)25-6-16(35)28-15(10-34)22(40)27-13(9-33)5-18(36)37/h7,9,11-15,19,34H,4-6,8,10,24H2,1-3H3,(H,25,39)(H,27,40)(H,28,35)(H,29,41)(H,30,38)(H,36,37)(H2,42,43,44)/t11-,12-,13-,14-,15-,19-/m0/s1. The van der Waals surface area contributed by atoms with Crippen molar-refractivity contribution in [3.05, 3.63) is 6.20 Å². The van der Waals surface area contributed by atoms with E-state index in [9.17, 15) is 53.0 Å². The summed E-state index contributed by atoms with van der Waals surface area (Å²) in [6, 6.07) is -6.92. The topological polar surface area (TPSA) is 334 Å². The lowest BCUT2D eigenvalue weighted by Crippen LogP contribution is -2.59. The van der Waals surface area contributed by atoms with Crippen LogP contribution in [-0.4, -0.2) is 120 Å². The van der Waals surface area contributed by atoms with Gasteiger partial charge in [-0.15, -0.1) is 5.10 Å². The van der Waals surface area contributed by atoms with E-state index in [0.717, 1.165) is 6.20 Å². The molecular formula is C23H38N9O12P. The highest BCUT2D eigenvalue weighted by Gasteiger charge is 2.33. The van der Waals surface area contributed by atoms with Gasteiger partial charge in [0, 0.05) is 0 Å². The number of amides is 5. The highest BCUT2D eigenvalue weighted by Crippen LogP contribution is 2.32. The molecule has 0 saturated heterocycles. The molecule has 0 aromatic carbocycles. The summed E-state index contributed by atoms with van der Waals surface area (Å²) in [7, 11) is -4.94. The smallest absolute Gasteiger partial charge is 0.375 e. The van der Waals surface area contributed by atoms with Gasteiger partial charge in [-0.1, -0.05) is 25.5 Å². The van der Waals surface area contributed by atoms with E-state index < -0.39 is 111 Å². The second-order valence-electron chi connectivity index (χ2n) is 9.91. The van der Waals surface area contributed by atoms with E-state index in [1.165, 1.54) is 6.92 Å². The van der Waals surface area contributed by atoms with E-state index in [2.05, 4.69) is 31.6 Å². The van der Waals surface area contributed by atoms with Gasteiger partial charge in [0.25, 0.3) is 0 Å². The first-order chi connectivity index (χ1) is 20.9. The van der Waals surface area contributed by atoms with E-state index in [4.69, 9.17) is 10.8 Å². The number of rotatable bonds is 19. The summed E-state index contributed by atoms with van der Waals surface area (Å²) in [5, 5.41) is 36.4. The van der Waals surface area contributed by atoms with Gasteiger partial charge in [-0.2, -0.15) is 0 Å². The molecular weight excluding hydrogens is 625 g/mol. The molecule has 252 valence electrons. The number of aliphatic hydroxyl groups excluding tert-OH is 1. The maximum absolute atomic E-state index is 13.2. The minimum Gasteiger partial charge on any atom is -0.481 e. The second-order valence-corrected chi connectivity index (χ2v) is 11.5. The Bertz CT molecular complexity index is 1280. The Kier molecular flexibility index (Phi) is 15.4. The SMILES string of the molecule is CC[C@H](C)[C@H](NC(=O)[C@H](C)N)C(=O)N[C@@H](Cn1nncc1P(=O)(O)O)C(=O)NCC(=O)N[C@@H](CO)C(=O)N[C@H](C=O)CC(=O)O. The number of nitrogens with one attached hydrogen (secondary N) is 5. The van der Waals surface area contributed by atoms with Gasteiger partial charge in [0.05, 0.1) is 44.4 Å². The Morgan fingerprint density at radius 2 is 1.64 bits per heavy atom. The van der Waals surface area contributed by atoms with E-state index in [1.54, 1.807) is 13.8 Å². The number of nitrogens with zero attached hydrogens (tertiary/aromatic N) is 3. The van der Waals surface area contributed by atoms with Crippen LogP contribution in [0.5, 0.6) is 0 Å². The van der Waals surface area contributed by atoms with Crippen LogP contribution < -0.4 is 37.8 Å². The molecule has 5 amide bonds. The largest absolute Gasteiger partial charge is 0.481 e. The summed E-state index contributed by atoms with van der Waals surface area (Å²) in [6.45, 7) is 2.26. The fourth-order valence-corrected chi connectivity index (χ4v) is 4.18. The normalized spacial score (nSPS) is 15.3. The van der Waals surface area contributed by atoms with Crippen molar-refractivity contribution in [2.24, 2.45) is 11.7 Å². The number of aliphatic carboxylic acids is 1. The van der Waals surface area contributed by atoms with E-state index in [-0.39, 0.29) is 6.29 Å². The Hall–Kier alpha value is -4.30. The fourth-order valence-electron chi connectivity index (χ4n) is 3.56. The van der Waals surface area contributed by atoms with Gasteiger partial charge in [0.15, 0.2) is 5.44 Å². The van der Waals surface area contributed by atoms with Crippen molar-refractivity contribution in [3.8, 4) is 0 Å². The van der Waals surface area contributed by atoms with Crippen molar-refractivity contribution in [2.75, 3.05) is 13.2 Å². The molecule has 0 bridgehead atoms. The molecule has 0 unspecified atom stereocenters. The van der Waals surface area contributed by atoms with Gasteiger partial charge in [0.1, 0.15) is 24.4 Å². The molecule has 22 heteroatoms. The van der Waals surface area contributed by atoms with Gasteiger partial charge >= 0.3 is 13.6 Å². The number of aromatic nitrogens is 3. The molecule has 1 aromatic rings. The van der Waals surface area contributed by atoms with Crippen LogP contribution in [0, 0.1) is 5.92 Å². The number of carboxylic acids is 1. The molecule has 1 rings (SSSR count). The Labute approximate surface area is 256 Å². The number of aldehydes is 1. The van der Waals surface area contributed by atoms with Crippen molar-refractivity contribution in [1.82, 2.24) is 41.6 Å². The predicted octanol–water partition coefficient (Wildman–Crippen LogP) is -5.80. The van der Waals surface area contributed by atoms with Crippen LogP contribution in [0.2, 0.25) is 0 Å². The number of carboxylic acid groups (broad SMARTS) is 1. The zero-order valence-electron chi connectivity index (χ0n) is 24.6. The second kappa shape index (κ2) is 17.9. The van der Waals surface area contributed by atoms with Crippen LogP contribution in [0.1, 0.15) is 33.6 Å². The monoisotopic (exact) mass is 663 g/mol. The molecule has 0 fully saturated rings. The van der Waals surface area contributed by atoms with Crippen molar-refractivity contribution in [1.29, 1.82) is 0 Å². The van der Waals surface area contributed by atoms with Crippen LogP contribution in [-0.2, 0) is 44.7 Å². The third-order valence-electron chi connectivity index (χ3n) is 6.23. The first-order valence-electron chi connectivity index (χ1n) is 13.4. The van der Waals surface area contributed by atoms with Crippen LogP contribution in [0.3, 0.4) is 0 Å². The fraction of sp³-hybridized carbons (Fsp3) is 0.609. The first-order valence-corrected chi connectivity index (χ1v) is 15.0. The molecule has 1 heterocycles. The summed E-state index contributed by atoms with van der Waals surface area (Å²) in [5.41, 5.74) is 4.90. The average Bonchev–Trinajstić information content (AvgIpc) is 3.44. The van der Waals surface area contributed by atoms with Gasteiger partial charge in [0.2, 0.25) is 29.5 Å². The maximum atomic E-state index is 13.2. The summed E-state index contributed by atoms with van der Waals surface area (Å²) >= 11 is 0. The third-order valence-corrected chi connectivity index (χ3v) is 7.18. The van der Waals surface area contributed by atoms with E-state index in [0.29, 0.717) is 11.1 Å². The van der Waals surface area contributed by atoms with Crippen LogP contribution >= 0.6 is 7.60 Å². The van der Waals surface area contributed by atoms with Crippen LogP contribution in [0.4, 0.5) is 0 Å². The Morgan fingerprint density at radius 3 is 2.16 bits per heavy atom. The molecule has 21 nitrogen and oxygen atoms in total. The summed E-state index contributed by atoms with van der Waals surface area (Å²) in [4.78, 5) is 104. The number of aliphatic hydroxyl groups is 1. The minimum atomic E-state index is -4.94. The highest BCUT2D eigenvalue weighted by molar-refractivity contribution is 7.60. The van der Waals surface area contributed by atoms with Gasteiger partial charge in [-0.25, -0.2) is 4.68 Å². The van der Waals surface area contributed by atoms with Gasteiger partial charge in [-0.05, 0) is 12.8 Å². The number of hydrogen-bond acceptors (Lipinski definition) is 12. The molecule has 0 aliphatic rings. The van der Waals surface area contributed by atoms with Crippen LogP contribution in [0.25, 0.3) is 0 Å². The summed E-state index contributed by atoms with van der Waals surface area (Å²) < 4.78 is 12.5. The van der Waals surface area contributed by atoms with Crippen LogP contribution in [0.15, 0.2) is 6.20 Å². The average molecular weight is 664 g/mol. The van der Waals surface area contributed by atoms with E-state index >= 15 is 0 Å². The van der Waals surface area contributed by atoms with Crippen molar-refractivity contribution >= 4 is 54.8 Å². The van der Waals surface area contributed by atoms with Gasteiger partial charge < -0.3 is 57.1 Å². The number of carbonyl (C=O) groups excluding carboxylic acids is 6. The van der Waals surface area contributed by atoms with Crippen molar-refractivity contribution in [3.63, 3.8) is 0 Å². The lowest BCUT2D eigenvalue weighted by molar-refractivity contribution is -0.139. The molecule has 0 aliphatic carbocycles. The molecule has 1 aromatic heterocycles. The maximum Gasteiger partial charge on any atom is 0.375 e.